The number of esters is 1. The summed E-state index contributed by atoms with van der Waals surface area (Å²) in [7, 11) is -0.952. The minimum absolute atomic E-state index is 0.0353. The van der Waals surface area contributed by atoms with Gasteiger partial charge in [-0.05, 0) is 19.4 Å². The number of thioether (sulfide) groups is 1. The number of methoxy groups -OCH3 is 1. The highest BCUT2D eigenvalue weighted by atomic mass is 32.2. The highest BCUT2D eigenvalue weighted by Crippen LogP contribution is 2.41. The Bertz CT molecular complexity index is 1340. The van der Waals surface area contributed by atoms with Crippen LogP contribution in [0.2, 0.25) is 0 Å². The third-order valence-corrected chi connectivity index (χ3v) is 6.89. The molecule has 20 heteroatoms. The third-order valence-electron chi connectivity index (χ3n) is 4.88. The van der Waals surface area contributed by atoms with Crippen molar-refractivity contribution in [3.8, 4) is 0 Å². The Balaban J connectivity index is 0.00000113. The molecule has 1 aromatic rings. The average molecular weight is 654 g/mol. The van der Waals surface area contributed by atoms with Gasteiger partial charge in [0, 0.05) is 25.2 Å². The zero-order chi connectivity index (χ0) is 31.8. The zero-order valence-corrected chi connectivity index (χ0v) is 25.8. The van der Waals surface area contributed by atoms with Crippen LogP contribution in [-0.2, 0) is 48.3 Å². The van der Waals surface area contributed by atoms with Crippen molar-refractivity contribution >= 4 is 68.0 Å². The summed E-state index contributed by atoms with van der Waals surface area (Å²) in [4.78, 5) is 60.8. The van der Waals surface area contributed by atoms with E-state index in [4.69, 9.17) is 34.1 Å². The first-order valence-electron chi connectivity index (χ1n) is 11.9. The molecule has 0 aliphatic carbocycles. The van der Waals surface area contributed by atoms with Crippen molar-refractivity contribution in [2.24, 2.45) is 5.16 Å². The van der Waals surface area contributed by atoms with Crippen LogP contribution in [-0.4, -0.2) is 109 Å². The topological polar surface area (TPSA) is 235 Å². The molecular weight excluding hydrogens is 622 g/mol. The van der Waals surface area contributed by atoms with Crippen LogP contribution < -0.4 is 11.1 Å². The molecule has 2 aliphatic heterocycles. The molecule has 4 N–H and O–H groups in total. The van der Waals surface area contributed by atoms with E-state index in [9.17, 15) is 27.6 Å². The second-order valence-corrected chi connectivity index (χ2v) is 12.1. The van der Waals surface area contributed by atoms with Crippen molar-refractivity contribution in [1.82, 2.24) is 15.2 Å². The zero-order valence-electron chi connectivity index (χ0n) is 23.4. The summed E-state index contributed by atoms with van der Waals surface area (Å²) in [6.07, 6.45) is -1.99. The first-order valence-corrected chi connectivity index (χ1v) is 15.6. The average Bonchev–Trinajstić information content (AvgIpc) is 3.29. The lowest BCUT2D eigenvalue weighted by molar-refractivity contribution is -0.169. The Morgan fingerprint density at radius 2 is 1.88 bits per heavy atom. The van der Waals surface area contributed by atoms with Crippen molar-refractivity contribution in [3.63, 3.8) is 0 Å². The van der Waals surface area contributed by atoms with Gasteiger partial charge in [-0.15, -0.1) is 23.1 Å². The number of hydrogen-bond acceptors (Lipinski definition) is 16. The molecule has 1 fully saturated rings. The highest BCUT2D eigenvalue weighted by molar-refractivity contribution is 8.00. The quantitative estimate of drug-likeness (QED) is 0.0770. The van der Waals surface area contributed by atoms with E-state index in [1.54, 1.807) is 13.8 Å². The van der Waals surface area contributed by atoms with Gasteiger partial charge in [0.15, 0.2) is 10.8 Å². The van der Waals surface area contributed by atoms with Crippen LogP contribution in [0.5, 0.6) is 0 Å². The molecule has 1 saturated heterocycles. The van der Waals surface area contributed by atoms with E-state index in [0.717, 1.165) is 11.3 Å². The molecule has 0 spiro atoms. The molecule has 2 amide bonds. The van der Waals surface area contributed by atoms with Gasteiger partial charge in [-0.3, -0.25) is 19.0 Å². The van der Waals surface area contributed by atoms with Gasteiger partial charge in [-0.2, -0.15) is 8.42 Å². The van der Waals surface area contributed by atoms with Gasteiger partial charge >= 0.3 is 12.1 Å². The monoisotopic (exact) mass is 653 g/mol. The number of ether oxygens (including phenoxy) is 4. The molecule has 3 rings (SSSR count). The number of hydrogen-bond donors (Lipinski definition) is 3. The number of nitrogens with zero attached hydrogens (tertiary/aromatic N) is 3. The molecule has 42 heavy (non-hydrogen) atoms. The minimum Gasteiger partial charge on any atom is -0.431 e. The summed E-state index contributed by atoms with van der Waals surface area (Å²) in [5.74, 6) is -1.81. The molecule has 0 bridgehead atoms. The van der Waals surface area contributed by atoms with Crippen molar-refractivity contribution in [3.05, 3.63) is 22.3 Å². The predicted molar refractivity (Wildman–Crippen MR) is 150 cm³/mol. The smallest absolute Gasteiger partial charge is 0.431 e. The fourth-order valence-electron chi connectivity index (χ4n) is 3.45. The maximum Gasteiger partial charge on any atom is 0.511 e. The molecule has 0 radical (unpaired) electrons. The number of anilines is 1. The Morgan fingerprint density at radius 1 is 1.24 bits per heavy atom. The van der Waals surface area contributed by atoms with Crippen LogP contribution in [0.25, 0.3) is 0 Å². The number of carbonyl (C=O) groups excluding carboxylic acids is 4. The van der Waals surface area contributed by atoms with E-state index in [2.05, 4.69) is 15.5 Å². The van der Waals surface area contributed by atoms with E-state index < -0.39 is 57.9 Å². The molecule has 0 aromatic carbocycles. The minimum atomic E-state index is -3.67. The number of β-lactam (4-membered cyclic amide) rings is 1. The van der Waals surface area contributed by atoms with Crippen molar-refractivity contribution in [1.29, 1.82) is 0 Å². The summed E-state index contributed by atoms with van der Waals surface area (Å²) >= 11 is 2.45. The standard InChI is InChI=1S/C21H27N5O9S2.CH4O3S/c1-9(2)33-21(30)35-10(3)34-19(29)15-11(6-31-4)7-36-18-14(17(28)26(15)18)24-16(27)13(25-32-5)12-8-37-20(22)23-12;1-5(2,3)4/h8-10,14,18H,6-7H2,1-5H3,(H2,22,23)(H,24,27);1H3,(H,2,3,4)/b25-13-;/t10?,14-,18-;/m1./s1. The molecule has 17 nitrogen and oxygen atoms in total. The van der Waals surface area contributed by atoms with Crippen LogP contribution >= 0.6 is 23.1 Å². The fraction of sp³-hybridized carbons (Fsp3) is 0.545. The largest absolute Gasteiger partial charge is 0.511 e. The number of rotatable bonds is 10. The summed E-state index contributed by atoms with van der Waals surface area (Å²) in [6, 6.07) is -0.961. The number of nitrogens with one attached hydrogen (secondary N) is 1. The first-order chi connectivity index (χ1) is 19.6. The van der Waals surface area contributed by atoms with Crippen LogP contribution in [0.3, 0.4) is 0 Å². The number of nitrogens with two attached hydrogens (primary N) is 1. The summed E-state index contributed by atoms with van der Waals surface area (Å²) in [5, 5.41) is 7.49. The van der Waals surface area contributed by atoms with Gasteiger partial charge in [-0.25, -0.2) is 14.6 Å². The van der Waals surface area contributed by atoms with Gasteiger partial charge in [0.2, 0.25) is 6.29 Å². The number of nitrogen functional groups attached to an aromatic ring is 1. The van der Waals surface area contributed by atoms with Gasteiger partial charge in [0.1, 0.15) is 29.9 Å². The normalized spacial score (nSPS) is 19.1. The molecule has 0 saturated carbocycles. The molecule has 3 heterocycles. The van der Waals surface area contributed by atoms with E-state index in [1.807, 2.05) is 0 Å². The maximum absolute atomic E-state index is 13.1. The molecule has 2 aliphatic rings. The second-order valence-electron chi connectivity index (χ2n) is 8.68. The van der Waals surface area contributed by atoms with E-state index >= 15 is 0 Å². The number of oxime groups is 1. The number of thiazole rings is 1. The predicted octanol–water partition coefficient (Wildman–Crippen LogP) is 0.331. The Kier molecular flexibility index (Phi) is 12.5. The number of fused-ring (bicyclic) bond motifs is 1. The van der Waals surface area contributed by atoms with Crippen molar-refractivity contribution in [2.45, 2.75) is 44.6 Å². The van der Waals surface area contributed by atoms with Gasteiger partial charge in [0.05, 0.1) is 19.0 Å². The molecule has 1 unspecified atom stereocenters. The van der Waals surface area contributed by atoms with Crippen molar-refractivity contribution < 1.29 is 55.9 Å². The maximum atomic E-state index is 13.1. The van der Waals surface area contributed by atoms with Crippen LogP contribution in [0.4, 0.5) is 9.93 Å². The first kappa shape index (κ1) is 34.7. The Labute approximate surface area is 249 Å². The van der Waals surface area contributed by atoms with Crippen LogP contribution in [0.15, 0.2) is 21.8 Å². The number of carbonyl (C=O) groups is 4. The lowest BCUT2D eigenvalue weighted by Crippen LogP contribution is -2.71. The summed E-state index contributed by atoms with van der Waals surface area (Å²) in [5.41, 5.74) is 6.15. The van der Waals surface area contributed by atoms with E-state index in [0.29, 0.717) is 17.6 Å². The SMILES string of the molecule is COCC1=C(C(=O)OC(C)OC(=O)OC(C)C)N2C(=O)[C@@H](NC(=O)/C(=N\OC)c3csc(N)n3)[C@H]2SC1.CS(=O)(=O)O. The van der Waals surface area contributed by atoms with Gasteiger partial charge in [-0.1, -0.05) is 5.16 Å². The molecule has 3 atom stereocenters. The van der Waals surface area contributed by atoms with E-state index in [1.165, 1.54) is 43.2 Å². The Hall–Kier alpha value is -3.46. The third kappa shape index (κ3) is 9.82. The van der Waals surface area contributed by atoms with Crippen molar-refractivity contribution in [2.75, 3.05) is 38.6 Å². The summed E-state index contributed by atoms with van der Waals surface area (Å²) < 4.78 is 46.1. The molecule has 1 aromatic heterocycles. The second kappa shape index (κ2) is 15.1. The summed E-state index contributed by atoms with van der Waals surface area (Å²) in [6.45, 7) is 4.68. The number of aromatic nitrogens is 1. The van der Waals surface area contributed by atoms with Crippen LogP contribution in [0, 0.1) is 0 Å². The lowest BCUT2D eigenvalue weighted by atomic mass is 10.0. The fourth-order valence-corrected chi connectivity index (χ4v) is 5.32. The number of amides is 2. The molecular formula is C22H31N5O12S3. The van der Waals surface area contributed by atoms with Gasteiger partial charge in [0.25, 0.3) is 21.9 Å². The molecule has 234 valence electrons. The highest BCUT2D eigenvalue weighted by Gasteiger charge is 2.55. The Morgan fingerprint density at radius 3 is 2.40 bits per heavy atom. The van der Waals surface area contributed by atoms with E-state index in [-0.39, 0.29) is 28.8 Å². The lowest BCUT2D eigenvalue weighted by Gasteiger charge is -2.49. The van der Waals surface area contributed by atoms with Crippen LogP contribution in [0.1, 0.15) is 26.5 Å². The van der Waals surface area contributed by atoms with Gasteiger partial charge < -0.3 is 34.8 Å².